The summed E-state index contributed by atoms with van der Waals surface area (Å²) in [6.45, 7) is 0. The molecule has 2 aromatic carbocycles. The molecule has 1 atom stereocenters. The minimum atomic E-state index is -0.931. The maximum atomic E-state index is 13.0. The molecule has 7 heteroatoms. The van der Waals surface area contributed by atoms with Crippen molar-refractivity contribution in [3.8, 4) is 0 Å². The molecule has 1 heterocycles. The molecule has 0 fully saturated rings. The Hall–Kier alpha value is -2.67. The number of benzene rings is 2. The molecule has 0 saturated heterocycles. The number of halogens is 1. The van der Waals surface area contributed by atoms with Gasteiger partial charge in [-0.15, -0.1) is 0 Å². The van der Waals surface area contributed by atoms with E-state index in [2.05, 4.69) is 5.32 Å². The molecule has 0 radical (unpaired) electrons. The summed E-state index contributed by atoms with van der Waals surface area (Å²) in [6.07, 6.45) is 2.22. The van der Waals surface area contributed by atoms with E-state index in [1.807, 2.05) is 6.26 Å². The van der Waals surface area contributed by atoms with Crippen LogP contribution in [0.5, 0.6) is 0 Å². The third-order valence-corrected chi connectivity index (χ3v) is 4.79. The van der Waals surface area contributed by atoms with Crippen molar-refractivity contribution in [2.45, 2.75) is 12.5 Å². The zero-order valence-corrected chi connectivity index (χ0v) is 14.9. The highest BCUT2D eigenvalue weighted by Crippen LogP contribution is 2.26. The van der Waals surface area contributed by atoms with E-state index in [9.17, 15) is 18.8 Å². The third kappa shape index (κ3) is 3.48. The Labute approximate surface area is 154 Å². The smallest absolute Gasteiger partial charge is 0.262 e. The van der Waals surface area contributed by atoms with Gasteiger partial charge in [0.05, 0.1) is 11.1 Å². The monoisotopic (exact) mass is 372 g/mol. The van der Waals surface area contributed by atoms with Crippen LogP contribution in [0.15, 0.2) is 48.5 Å². The average Bonchev–Trinajstić information content (AvgIpc) is 2.89. The quantitative estimate of drug-likeness (QED) is 0.791. The summed E-state index contributed by atoms with van der Waals surface area (Å²) in [6, 6.07) is 10.9. The van der Waals surface area contributed by atoms with Crippen molar-refractivity contribution >= 4 is 35.2 Å². The first-order valence-electron chi connectivity index (χ1n) is 8.05. The van der Waals surface area contributed by atoms with E-state index >= 15 is 0 Å². The van der Waals surface area contributed by atoms with Crippen molar-refractivity contribution in [1.29, 1.82) is 0 Å². The van der Waals surface area contributed by atoms with Gasteiger partial charge >= 0.3 is 0 Å². The van der Waals surface area contributed by atoms with Crippen LogP contribution in [0, 0.1) is 5.82 Å². The van der Waals surface area contributed by atoms with Crippen LogP contribution in [0.25, 0.3) is 0 Å². The highest BCUT2D eigenvalue weighted by atomic mass is 32.2. The van der Waals surface area contributed by atoms with Gasteiger partial charge in [0.2, 0.25) is 5.91 Å². The van der Waals surface area contributed by atoms with E-state index in [0.29, 0.717) is 29.0 Å². The number of amides is 3. The molecule has 134 valence electrons. The van der Waals surface area contributed by atoms with Crippen LogP contribution >= 0.6 is 11.8 Å². The molecule has 0 spiro atoms. The van der Waals surface area contributed by atoms with Gasteiger partial charge in [-0.05, 0) is 54.8 Å². The van der Waals surface area contributed by atoms with Gasteiger partial charge in [-0.2, -0.15) is 11.8 Å². The second-order valence-electron chi connectivity index (χ2n) is 5.82. The first-order chi connectivity index (χ1) is 12.5. The van der Waals surface area contributed by atoms with Gasteiger partial charge in [0.25, 0.3) is 11.8 Å². The molecule has 2 aromatic rings. The second-order valence-corrected chi connectivity index (χ2v) is 6.80. The number of anilines is 1. The lowest BCUT2D eigenvalue weighted by Gasteiger charge is -2.25. The van der Waals surface area contributed by atoms with Crippen LogP contribution in [0.2, 0.25) is 0 Å². The zero-order chi connectivity index (χ0) is 18.7. The van der Waals surface area contributed by atoms with Crippen molar-refractivity contribution in [2.24, 2.45) is 0 Å². The van der Waals surface area contributed by atoms with Crippen molar-refractivity contribution < 1.29 is 18.8 Å². The average molecular weight is 372 g/mol. The molecular weight excluding hydrogens is 355 g/mol. The summed E-state index contributed by atoms with van der Waals surface area (Å²) in [7, 11) is 0. The first kappa shape index (κ1) is 18.1. The Morgan fingerprint density at radius 2 is 1.65 bits per heavy atom. The van der Waals surface area contributed by atoms with E-state index in [1.165, 1.54) is 36.0 Å². The minimum Gasteiger partial charge on any atom is -0.324 e. The van der Waals surface area contributed by atoms with Gasteiger partial charge < -0.3 is 5.32 Å². The van der Waals surface area contributed by atoms with Crippen LogP contribution in [0.4, 0.5) is 10.1 Å². The van der Waals surface area contributed by atoms with Crippen LogP contribution in [0.3, 0.4) is 0 Å². The number of hydrogen-bond donors (Lipinski definition) is 1. The number of rotatable bonds is 6. The van der Waals surface area contributed by atoms with E-state index < -0.39 is 29.6 Å². The molecule has 0 aliphatic carbocycles. The van der Waals surface area contributed by atoms with Crippen molar-refractivity contribution in [1.82, 2.24) is 4.90 Å². The normalized spacial score (nSPS) is 14.3. The SMILES string of the molecule is CSCC[C@@H](C(=O)Nc1ccc(F)cc1)N1C(=O)c2ccccc2C1=O. The predicted octanol–water partition coefficient (Wildman–Crippen LogP) is 3.18. The summed E-state index contributed by atoms with van der Waals surface area (Å²) >= 11 is 1.52. The van der Waals surface area contributed by atoms with Crippen LogP contribution in [0.1, 0.15) is 27.1 Å². The van der Waals surface area contributed by atoms with Crippen molar-refractivity contribution in [3.63, 3.8) is 0 Å². The summed E-state index contributed by atoms with van der Waals surface area (Å²) in [4.78, 5) is 39.2. The standard InChI is InChI=1S/C19H17FN2O3S/c1-26-11-10-16(17(23)21-13-8-6-12(20)7-9-13)22-18(24)14-4-2-3-5-15(14)19(22)25/h2-9,16H,10-11H2,1H3,(H,21,23)/t16-/m0/s1. The fraction of sp³-hybridized carbons (Fsp3) is 0.211. The highest BCUT2D eigenvalue weighted by Gasteiger charge is 2.42. The Kier molecular flexibility index (Phi) is 5.37. The first-order valence-corrected chi connectivity index (χ1v) is 9.44. The number of imide groups is 1. The van der Waals surface area contributed by atoms with E-state index in [4.69, 9.17) is 0 Å². The highest BCUT2D eigenvalue weighted by molar-refractivity contribution is 7.98. The van der Waals surface area contributed by atoms with Gasteiger partial charge in [-0.1, -0.05) is 12.1 Å². The van der Waals surface area contributed by atoms with Crippen LogP contribution in [-0.4, -0.2) is 40.7 Å². The van der Waals surface area contributed by atoms with E-state index in [-0.39, 0.29) is 0 Å². The van der Waals surface area contributed by atoms with Gasteiger partial charge in [0.1, 0.15) is 11.9 Å². The molecule has 5 nitrogen and oxygen atoms in total. The Bertz CT molecular complexity index is 819. The lowest BCUT2D eigenvalue weighted by molar-refractivity contribution is -0.120. The van der Waals surface area contributed by atoms with Gasteiger partial charge in [0, 0.05) is 5.69 Å². The van der Waals surface area contributed by atoms with Crippen LogP contribution in [-0.2, 0) is 4.79 Å². The molecule has 1 aliphatic rings. The molecule has 1 N–H and O–H groups in total. The summed E-state index contributed by atoms with van der Waals surface area (Å²) in [5.41, 5.74) is 1.02. The molecule has 0 aromatic heterocycles. The summed E-state index contributed by atoms with van der Waals surface area (Å²) < 4.78 is 13.0. The van der Waals surface area contributed by atoms with Gasteiger partial charge in [-0.3, -0.25) is 19.3 Å². The molecule has 0 saturated carbocycles. The van der Waals surface area contributed by atoms with Gasteiger partial charge in [-0.25, -0.2) is 4.39 Å². The predicted molar refractivity (Wildman–Crippen MR) is 98.8 cm³/mol. The van der Waals surface area contributed by atoms with Crippen molar-refractivity contribution in [3.05, 3.63) is 65.5 Å². The Morgan fingerprint density at radius 1 is 1.08 bits per heavy atom. The fourth-order valence-corrected chi connectivity index (χ4v) is 3.32. The Balaban J connectivity index is 1.86. The molecule has 3 rings (SSSR count). The molecule has 26 heavy (non-hydrogen) atoms. The molecule has 0 bridgehead atoms. The number of fused-ring (bicyclic) bond motifs is 1. The molecule has 0 unspecified atom stereocenters. The minimum absolute atomic E-state index is 0.307. The summed E-state index contributed by atoms with van der Waals surface area (Å²) in [5, 5.41) is 2.66. The van der Waals surface area contributed by atoms with Gasteiger partial charge in [0.15, 0.2) is 0 Å². The largest absolute Gasteiger partial charge is 0.324 e. The topological polar surface area (TPSA) is 66.5 Å². The maximum Gasteiger partial charge on any atom is 0.262 e. The molecule has 3 amide bonds. The summed E-state index contributed by atoms with van der Waals surface area (Å²) in [5.74, 6) is -1.21. The number of carbonyl (C=O) groups is 3. The third-order valence-electron chi connectivity index (χ3n) is 4.15. The van der Waals surface area contributed by atoms with Crippen LogP contribution < -0.4 is 5.32 Å². The Morgan fingerprint density at radius 3 is 2.19 bits per heavy atom. The number of carbonyl (C=O) groups excluding carboxylic acids is 3. The molecule has 1 aliphatic heterocycles. The lowest BCUT2D eigenvalue weighted by Crippen LogP contribution is -2.47. The number of thioether (sulfide) groups is 1. The zero-order valence-electron chi connectivity index (χ0n) is 14.1. The number of nitrogens with zero attached hydrogens (tertiary/aromatic N) is 1. The molecular formula is C19H17FN2O3S. The maximum absolute atomic E-state index is 13.0. The van der Waals surface area contributed by atoms with E-state index in [1.54, 1.807) is 24.3 Å². The van der Waals surface area contributed by atoms with E-state index in [0.717, 1.165) is 4.90 Å². The van der Waals surface area contributed by atoms with Crippen molar-refractivity contribution in [2.75, 3.05) is 17.3 Å². The number of hydrogen-bond acceptors (Lipinski definition) is 4. The fourth-order valence-electron chi connectivity index (χ4n) is 2.86. The lowest BCUT2D eigenvalue weighted by atomic mass is 10.1. The number of nitrogens with one attached hydrogen (secondary N) is 1. The second kappa shape index (κ2) is 7.70.